The predicted octanol–water partition coefficient (Wildman–Crippen LogP) is -0.743. The third kappa shape index (κ3) is 5.09. The molecule has 1 atom stereocenters. The van der Waals surface area contributed by atoms with Gasteiger partial charge >= 0.3 is 5.97 Å². The Morgan fingerprint density at radius 3 is 2.33 bits per heavy atom. The lowest BCUT2D eigenvalue weighted by Gasteiger charge is -2.06. The first-order chi connectivity index (χ1) is 5.37. The van der Waals surface area contributed by atoms with Gasteiger partial charge in [0.25, 0.3) is 0 Å². The van der Waals surface area contributed by atoms with Gasteiger partial charge in [-0.15, -0.1) is 0 Å². The molecule has 0 amide bonds. The Bertz CT molecular complexity index is 243. The maximum Gasteiger partial charge on any atom is 0.306 e. The lowest BCUT2D eigenvalue weighted by atomic mass is 10.3. The molecule has 0 fully saturated rings. The summed E-state index contributed by atoms with van der Waals surface area (Å²) in [6, 6.07) is 0. The zero-order valence-corrected chi connectivity index (χ0v) is 7.54. The van der Waals surface area contributed by atoms with Gasteiger partial charge in [0.1, 0.15) is 0 Å². The maximum atomic E-state index is 10.8. The molecule has 0 radical (unpaired) electrons. The SMILES string of the molecule is CCS(=O)(=O)C[C@H](O)CC(=O)O. The van der Waals surface area contributed by atoms with E-state index in [2.05, 4.69) is 0 Å². The zero-order chi connectivity index (χ0) is 9.78. The van der Waals surface area contributed by atoms with E-state index in [9.17, 15) is 13.2 Å². The lowest BCUT2D eigenvalue weighted by molar-refractivity contribution is -0.138. The summed E-state index contributed by atoms with van der Waals surface area (Å²) in [5.74, 6) is -1.76. The highest BCUT2D eigenvalue weighted by Gasteiger charge is 2.17. The quantitative estimate of drug-likeness (QED) is 0.604. The summed E-state index contributed by atoms with van der Waals surface area (Å²) >= 11 is 0. The molecule has 0 aromatic rings. The summed E-state index contributed by atoms with van der Waals surface area (Å²) in [6.07, 6.45) is -1.83. The summed E-state index contributed by atoms with van der Waals surface area (Å²) in [7, 11) is -3.28. The third-order valence-electron chi connectivity index (χ3n) is 1.30. The van der Waals surface area contributed by atoms with E-state index in [4.69, 9.17) is 10.2 Å². The number of rotatable bonds is 5. The summed E-state index contributed by atoms with van der Waals surface area (Å²) in [5.41, 5.74) is 0. The molecular formula is C6H12O5S. The third-order valence-corrected chi connectivity index (χ3v) is 3.07. The van der Waals surface area contributed by atoms with Gasteiger partial charge in [-0.05, 0) is 0 Å². The fraction of sp³-hybridized carbons (Fsp3) is 0.833. The molecule has 2 N–H and O–H groups in total. The van der Waals surface area contributed by atoms with Gasteiger partial charge in [-0.3, -0.25) is 4.79 Å². The number of aliphatic hydroxyl groups is 1. The van der Waals surface area contributed by atoms with Crippen LogP contribution in [0.3, 0.4) is 0 Å². The fourth-order valence-corrected chi connectivity index (χ4v) is 1.61. The summed E-state index contributed by atoms with van der Waals surface area (Å²) in [5, 5.41) is 17.1. The minimum absolute atomic E-state index is 0.0797. The average molecular weight is 196 g/mol. The van der Waals surface area contributed by atoms with E-state index in [0.29, 0.717) is 0 Å². The minimum Gasteiger partial charge on any atom is -0.481 e. The van der Waals surface area contributed by atoms with Crippen molar-refractivity contribution in [3.63, 3.8) is 0 Å². The van der Waals surface area contributed by atoms with Crippen LogP contribution in [-0.4, -0.2) is 42.2 Å². The van der Waals surface area contributed by atoms with Crippen LogP contribution >= 0.6 is 0 Å². The van der Waals surface area contributed by atoms with Crippen molar-refractivity contribution < 1.29 is 23.4 Å². The second kappa shape index (κ2) is 4.42. The molecule has 72 valence electrons. The van der Waals surface area contributed by atoms with Gasteiger partial charge < -0.3 is 10.2 Å². The van der Waals surface area contributed by atoms with Crippen LogP contribution < -0.4 is 0 Å². The van der Waals surface area contributed by atoms with Crippen molar-refractivity contribution in [2.24, 2.45) is 0 Å². The van der Waals surface area contributed by atoms with Crippen LogP contribution in [0.15, 0.2) is 0 Å². The summed E-state index contributed by atoms with van der Waals surface area (Å²) < 4.78 is 21.7. The van der Waals surface area contributed by atoms with Gasteiger partial charge in [-0.1, -0.05) is 6.92 Å². The standard InChI is InChI=1S/C6H12O5S/c1-2-12(10,11)4-5(7)3-6(8)9/h5,7H,2-4H2,1H3,(H,8,9)/t5-/m1/s1. The fourth-order valence-electron chi connectivity index (χ4n) is 0.671. The van der Waals surface area contributed by atoms with Gasteiger partial charge in [-0.2, -0.15) is 0 Å². The Morgan fingerprint density at radius 2 is 2.00 bits per heavy atom. The van der Waals surface area contributed by atoms with Crippen molar-refractivity contribution in [2.45, 2.75) is 19.4 Å². The molecule has 0 saturated carbocycles. The molecule has 0 aromatic carbocycles. The molecule has 0 spiro atoms. The highest BCUT2D eigenvalue weighted by molar-refractivity contribution is 7.91. The van der Waals surface area contributed by atoms with Crippen LogP contribution in [0.1, 0.15) is 13.3 Å². The molecule has 0 rings (SSSR count). The van der Waals surface area contributed by atoms with Crippen molar-refractivity contribution in [2.75, 3.05) is 11.5 Å². The number of carbonyl (C=O) groups is 1. The zero-order valence-electron chi connectivity index (χ0n) is 6.73. The Labute approximate surface area is 70.9 Å². The number of aliphatic hydroxyl groups excluding tert-OH is 1. The molecule has 0 aliphatic carbocycles. The van der Waals surface area contributed by atoms with Crippen LogP contribution in [0.4, 0.5) is 0 Å². The van der Waals surface area contributed by atoms with E-state index >= 15 is 0 Å². The molecule has 0 aliphatic heterocycles. The topological polar surface area (TPSA) is 91.7 Å². The van der Waals surface area contributed by atoms with Crippen LogP contribution in [0.5, 0.6) is 0 Å². The van der Waals surface area contributed by atoms with Gasteiger partial charge in [-0.25, -0.2) is 8.42 Å². The van der Waals surface area contributed by atoms with Gasteiger partial charge in [0.05, 0.1) is 18.3 Å². The van der Waals surface area contributed by atoms with Crippen molar-refractivity contribution in [1.29, 1.82) is 0 Å². The summed E-state index contributed by atoms with van der Waals surface area (Å²) in [4.78, 5) is 10.0. The Balaban J connectivity index is 4.01. The van der Waals surface area contributed by atoms with E-state index in [1.165, 1.54) is 6.92 Å². The molecule has 0 bridgehead atoms. The van der Waals surface area contributed by atoms with Crippen LogP contribution in [0, 0.1) is 0 Å². The molecule has 0 unspecified atom stereocenters. The van der Waals surface area contributed by atoms with Crippen molar-refractivity contribution >= 4 is 15.8 Å². The summed E-state index contributed by atoms with van der Waals surface area (Å²) in [6.45, 7) is 1.45. The highest BCUT2D eigenvalue weighted by atomic mass is 32.2. The number of sulfone groups is 1. The van der Waals surface area contributed by atoms with E-state index in [0.717, 1.165) is 0 Å². The van der Waals surface area contributed by atoms with Gasteiger partial charge in [0.15, 0.2) is 9.84 Å². The smallest absolute Gasteiger partial charge is 0.306 e. The van der Waals surface area contributed by atoms with Gasteiger partial charge in [0.2, 0.25) is 0 Å². The first-order valence-electron chi connectivity index (χ1n) is 3.47. The van der Waals surface area contributed by atoms with E-state index in [1.54, 1.807) is 0 Å². The second-order valence-electron chi connectivity index (χ2n) is 2.45. The molecule has 0 aromatic heterocycles. The second-order valence-corrected chi connectivity index (χ2v) is 4.85. The lowest BCUT2D eigenvalue weighted by Crippen LogP contribution is -2.24. The van der Waals surface area contributed by atoms with Crippen molar-refractivity contribution in [1.82, 2.24) is 0 Å². The van der Waals surface area contributed by atoms with Crippen LogP contribution in [-0.2, 0) is 14.6 Å². The predicted molar refractivity (Wildman–Crippen MR) is 42.6 cm³/mol. The van der Waals surface area contributed by atoms with E-state index in [-0.39, 0.29) is 5.75 Å². The van der Waals surface area contributed by atoms with Crippen LogP contribution in [0.2, 0.25) is 0 Å². The maximum absolute atomic E-state index is 10.8. The number of carboxylic acid groups (broad SMARTS) is 1. The van der Waals surface area contributed by atoms with E-state index in [1.807, 2.05) is 0 Å². The molecular weight excluding hydrogens is 184 g/mol. The number of aliphatic carboxylic acids is 1. The number of hydrogen-bond acceptors (Lipinski definition) is 4. The van der Waals surface area contributed by atoms with Crippen molar-refractivity contribution in [3.05, 3.63) is 0 Å². The first kappa shape index (κ1) is 11.4. The van der Waals surface area contributed by atoms with Gasteiger partial charge in [0, 0.05) is 5.75 Å². The highest BCUT2D eigenvalue weighted by Crippen LogP contribution is 1.98. The number of carboxylic acids is 1. The first-order valence-corrected chi connectivity index (χ1v) is 5.30. The molecule has 0 aliphatic rings. The molecule has 6 heteroatoms. The Hall–Kier alpha value is -0.620. The monoisotopic (exact) mass is 196 g/mol. The molecule has 0 saturated heterocycles. The largest absolute Gasteiger partial charge is 0.481 e. The molecule has 5 nitrogen and oxygen atoms in total. The Kier molecular flexibility index (Phi) is 4.19. The van der Waals surface area contributed by atoms with Crippen LogP contribution in [0.25, 0.3) is 0 Å². The Morgan fingerprint density at radius 1 is 1.50 bits per heavy atom. The normalized spacial score (nSPS) is 14.2. The molecule has 12 heavy (non-hydrogen) atoms. The van der Waals surface area contributed by atoms with Crippen molar-refractivity contribution in [3.8, 4) is 0 Å². The molecule has 0 heterocycles. The van der Waals surface area contributed by atoms with E-state index < -0.39 is 34.1 Å². The average Bonchev–Trinajstić information content (AvgIpc) is 1.84. The minimum atomic E-state index is -3.28. The number of hydrogen-bond donors (Lipinski definition) is 2.